The lowest BCUT2D eigenvalue weighted by atomic mass is 10.3. The Labute approximate surface area is 165 Å². The van der Waals surface area contributed by atoms with Gasteiger partial charge in [-0.1, -0.05) is 15.9 Å². The van der Waals surface area contributed by atoms with Gasteiger partial charge in [-0.15, -0.1) is 0 Å². The summed E-state index contributed by atoms with van der Waals surface area (Å²) >= 11 is 19.8. The monoisotopic (exact) mass is 656 g/mol. The first-order chi connectivity index (χ1) is 9.32. The van der Waals surface area contributed by atoms with E-state index in [0.29, 0.717) is 24.9 Å². The van der Waals surface area contributed by atoms with Crippen LogP contribution in [-0.2, 0) is 0 Å². The molecule has 2 aromatic carbocycles. The topological polar surface area (TPSA) is 9.23 Å². The molecule has 0 amide bonds. The van der Waals surface area contributed by atoms with Crippen LogP contribution in [-0.4, -0.2) is 0 Å². The summed E-state index contributed by atoms with van der Waals surface area (Å²) in [6.07, 6.45) is 0. The van der Waals surface area contributed by atoms with Gasteiger partial charge in [0.15, 0.2) is 11.6 Å². The minimum absolute atomic E-state index is 0.231. The Kier molecular flexibility index (Phi) is 6.16. The molecule has 8 heteroatoms. The van der Waals surface area contributed by atoms with Crippen LogP contribution in [0.15, 0.2) is 45.0 Å². The van der Waals surface area contributed by atoms with Crippen molar-refractivity contribution in [2.45, 2.75) is 0 Å². The minimum atomic E-state index is -0.441. The van der Waals surface area contributed by atoms with E-state index >= 15 is 0 Å². The van der Waals surface area contributed by atoms with E-state index in [2.05, 4.69) is 95.6 Å². The highest BCUT2D eigenvalue weighted by atomic mass is 79.9. The number of hydrogen-bond acceptors (Lipinski definition) is 1. The average molecular weight is 662 g/mol. The molecule has 20 heavy (non-hydrogen) atoms. The van der Waals surface area contributed by atoms with Gasteiger partial charge in [0, 0.05) is 4.47 Å². The number of benzene rings is 2. The summed E-state index contributed by atoms with van der Waals surface area (Å²) in [6, 6.07) is 5.47. The second-order valence-electron chi connectivity index (χ2n) is 3.58. The van der Waals surface area contributed by atoms with Crippen LogP contribution >= 0.6 is 95.6 Å². The molecule has 0 aromatic heterocycles. The Balaban J connectivity index is 2.54. The average Bonchev–Trinajstić information content (AvgIpc) is 2.41. The zero-order valence-electron chi connectivity index (χ0n) is 9.29. The van der Waals surface area contributed by atoms with Crippen molar-refractivity contribution in [1.82, 2.24) is 0 Å². The first-order valence-electron chi connectivity index (χ1n) is 4.97. The SMILES string of the molecule is Fc1c(Br)c(Br)c(Br)c(Oc2ccc(Br)cc2Br)c1Br. The molecule has 0 saturated heterocycles. The number of hydrogen-bond donors (Lipinski definition) is 0. The summed E-state index contributed by atoms with van der Waals surface area (Å²) in [5.74, 6) is 0.479. The fourth-order valence-corrected chi connectivity index (χ4v) is 4.97. The highest BCUT2D eigenvalue weighted by molar-refractivity contribution is 9.14. The summed E-state index contributed by atoms with van der Waals surface area (Å²) in [4.78, 5) is 0. The third kappa shape index (κ3) is 3.51. The molecule has 2 aromatic rings. The lowest BCUT2D eigenvalue weighted by molar-refractivity contribution is 0.465. The van der Waals surface area contributed by atoms with E-state index in [1.54, 1.807) is 6.07 Å². The summed E-state index contributed by atoms with van der Waals surface area (Å²) in [5, 5.41) is 0. The Morgan fingerprint density at radius 1 is 0.800 bits per heavy atom. The van der Waals surface area contributed by atoms with E-state index in [0.717, 1.165) is 8.95 Å². The van der Waals surface area contributed by atoms with Gasteiger partial charge in [0.25, 0.3) is 0 Å². The van der Waals surface area contributed by atoms with Gasteiger partial charge in [0.2, 0.25) is 0 Å². The Hall–Kier alpha value is 1.05. The van der Waals surface area contributed by atoms with E-state index in [4.69, 9.17) is 4.74 Å². The van der Waals surface area contributed by atoms with Crippen LogP contribution in [0, 0.1) is 5.82 Å². The normalized spacial score (nSPS) is 10.8. The maximum absolute atomic E-state index is 14.1. The van der Waals surface area contributed by atoms with Crippen LogP contribution < -0.4 is 4.74 Å². The maximum atomic E-state index is 14.1. The summed E-state index contributed by atoms with van der Waals surface area (Å²) in [5.41, 5.74) is 0. The van der Waals surface area contributed by atoms with Crippen LogP contribution in [0.5, 0.6) is 11.5 Å². The quantitative estimate of drug-likeness (QED) is 0.233. The zero-order valence-corrected chi connectivity index (χ0v) is 18.8. The van der Waals surface area contributed by atoms with Crippen LogP contribution in [0.2, 0.25) is 0 Å². The van der Waals surface area contributed by atoms with Crippen molar-refractivity contribution in [2.24, 2.45) is 0 Å². The van der Waals surface area contributed by atoms with Crippen molar-refractivity contribution in [3.63, 3.8) is 0 Å². The Morgan fingerprint density at radius 3 is 2.05 bits per heavy atom. The van der Waals surface area contributed by atoms with Crippen LogP contribution in [0.1, 0.15) is 0 Å². The van der Waals surface area contributed by atoms with Gasteiger partial charge in [-0.3, -0.25) is 0 Å². The molecule has 0 bridgehead atoms. The number of rotatable bonds is 2. The fraction of sp³-hybridized carbons (Fsp3) is 0. The molecular formula is C12H3Br6FO. The van der Waals surface area contributed by atoms with E-state index in [9.17, 15) is 4.39 Å². The first-order valence-corrected chi connectivity index (χ1v) is 9.73. The van der Waals surface area contributed by atoms with Crippen molar-refractivity contribution in [1.29, 1.82) is 0 Å². The Bertz CT molecular complexity index is 659. The largest absolute Gasteiger partial charge is 0.454 e. The van der Waals surface area contributed by atoms with Gasteiger partial charge >= 0.3 is 0 Å². The Morgan fingerprint density at radius 2 is 1.45 bits per heavy atom. The molecule has 0 heterocycles. The molecule has 2 rings (SSSR count). The third-order valence-corrected chi connectivity index (χ3v) is 7.46. The van der Waals surface area contributed by atoms with Crippen LogP contribution in [0.25, 0.3) is 0 Å². The zero-order chi connectivity index (χ0) is 15.0. The number of halogens is 7. The summed E-state index contributed by atoms with van der Waals surface area (Å²) in [7, 11) is 0. The molecule has 0 aliphatic rings. The van der Waals surface area contributed by atoms with Gasteiger partial charge in [0.05, 0.1) is 22.4 Å². The third-order valence-electron chi connectivity index (χ3n) is 2.28. The molecule has 0 aliphatic carbocycles. The lowest BCUT2D eigenvalue weighted by Crippen LogP contribution is -1.93. The molecule has 106 valence electrons. The molecule has 0 N–H and O–H groups in total. The molecule has 0 radical (unpaired) electrons. The highest BCUT2D eigenvalue weighted by Crippen LogP contribution is 2.47. The van der Waals surface area contributed by atoms with E-state index < -0.39 is 5.82 Å². The predicted molar refractivity (Wildman–Crippen MR) is 99.1 cm³/mol. The molecule has 1 nitrogen and oxygen atoms in total. The fourth-order valence-electron chi connectivity index (χ4n) is 1.34. The van der Waals surface area contributed by atoms with Gasteiger partial charge < -0.3 is 4.74 Å². The van der Waals surface area contributed by atoms with Gasteiger partial charge in [0.1, 0.15) is 5.75 Å². The molecular weight excluding hydrogens is 659 g/mol. The van der Waals surface area contributed by atoms with Gasteiger partial charge in [-0.2, -0.15) is 0 Å². The van der Waals surface area contributed by atoms with Crippen LogP contribution in [0.4, 0.5) is 4.39 Å². The summed E-state index contributed by atoms with van der Waals surface area (Å²) in [6.45, 7) is 0. The lowest BCUT2D eigenvalue weighted by Gasteiger charge is -2.14. The van der Waals surface area contributed by atoms with Crippen molar-refractivity contribution in [3.8, 4) is 11.5 Å². The van der Waals surface area contributed by atoms with Gasteiger partial charge in [-0.25, -0.2) is 4.39 Å². The smallest absolute Gasteiger partial charge is 0.160 e. The van der Waals surface area contributed by atoms with Crippen molar-refractivity contribution in [3.05, 3.63) is 50.9 Å². The second-order valence-corrected chi connectivity index (χ2v) is 8.52. The van der Waals surface area contributed by atoms with Crippen molar-refractivity contribution >= 4 is 95.6 Å². The summed E-state index contributed by atoms with van der Waals surface area (Å²) < 4.78 is 23.2. The van der Waals surface area contributed by atoms with E-state index in [-0.39, 0.29) is 4.47 Å². The van der Waals surface area contributed by atoms with E-state index in [1.807, 2.05) is 12.1 Å². The predicted octanol–water partition coefficient (Wildman–Crippen LogP) is 8.19. The first kappa shape index (κ1) is 17.4. The molecule has 0 atom stereocenters. The van der Waals surface area contributed by atoms with Crippen molar-refractivity contribution < 1.29 is 9.13 Å². The minimum Gasteiger partial charge on any atom is -0.454 e. The maximum Gasteiger partial charge on any atom is 0.160 e. The number of ether oxygens (including phenoxy) is 1. The highest BCUT2D eigenvalue weighted by Gasteiger charge is 2.21. The molecule has 0 spiro atoms. The van der Waals surface area contributed by atoms with Crippen LogP contribution in [0.3, 0.4) is 0 Å². The molecule has 0 aliphatic heterocycles. The van der Waals surface area contributed by atoms with Crippen molar-refractivity contribution in [2.75, 3.05) is 0 Å². The molecule has 0 saturated carbocycles. The van der Waals surface area contributed by atoms with Gasteiger partial charge in [-0.05, 0) is 97.8 Å². The standard InChI is InChI=1S/C12H3Br6FO/c13-4-1-2-6(5(14)3-4)20-12-9(17)7(15)8(16)11(19)10(12)18/h1-3H. The second kappa shape index (κ2) is 7.08. The molecule has 0 fully saturated rings. The van der Waals surface area contributed by atoms with E-state index in [1.165, 1.54) is 0 Å². The molecule has 0 unspecified atom stereocenters.